The van der Waals surface area contributed by atoms with Gasteiger partial charge in [0.05, 0.1) is 0 Å². The third-order valence-corrected chi connectivity index (χ3v) is 3.40. The van der Waals surface area contributed by atoms with Gasteiger partial charge in [-0.25, -0.2) is 4.79 Å². The lowest BCUT2D eigenvalue weighted by molar-refractivity contribution is 0.140. The number of carbonyl (C=O) groups is 1. The number of alkyl carbamates (subject to hydrolysis) is 1. The third kappa shape index (κ3) is 6.28. The Bertz CT molecular complexity index is 368. The number of ether oxygens (including phenoxy) is 1. The summed E-state index contributed by atoms with van der Waals surface area (Å²) < 4.78 is 5.93. The molecule has 0 aliphatic carbocycles. The van der Waals surface area contributed by atoms with Gasteiger partial charge < -0.3 is 10.1 Å². The number of amides is 1. The number of hydrogen-bond donors (Lipinski definition) is 1. The van der Waals surface area contributed by atoms with Crippen molar-refractivity contribution in [3.8, 4) is 0 Å². The average molecular weight is 269 g/mol. The van der Waals surface area contributed by atoms with E-state index in [1.807, 2.05) is 36.6 Å². The van der Waals surface area contributed by atoms with E-state index >= 15 is 0 Å². The molecule has 3 nitrogen and oxygen atoms in total. The fraction of sp³-hybridized carbons (Fsp3) is 0.333. The van der Waals surface area contributed by atoms with E-state index in [0.29, 0.717) is 19.6 Å². The van der Waals surface area contributed by atoms with E-state index in [1.165, 1.54) is 11.8 Å². The van der Waals surface area contributed by atoms with Gasteiger partial charge in [0.15, 0.2) is 0 Å². The van der Waals surface area contributed by atoms with Crippen molar-refractivity contribution < 1.29 is 9.53 Å². The summed E-state index contributed by atoms with van der Waals surface area (Å²) in [5.74, 6) is 0. The van der Waals surface area contributed by atoms with Crippen LogP contribution in [0.1, 0.15) is 12.0 Å². The lowest BCUT2D eigenvalue weighted by Gasteiger charge is -2.06. The SMILES string of the molecule is CSC(=S)CCNC(=O)OCc1ccccc1. The monoisotopic (exact) mass is 269 g/mol. The molecule has 1 rings (SSSR count). The Morgan fingerprint density at radius 1 is 1.41 bits per heavy atom. The van der Waals surface area contributed by atoms with Crippen molar-refractivity contribution in [3.05, 3.63) is 35.9 Å². The van der Waals surface area contributed by atoms with Crippen molar-refractivity contribution >= 4 is 34.3 Å². The molecular formula is C12H15NO2S2. The second-order valence-electron chi connectivity index (χ2n) is 3.31. The highest BCUT2D eigenvalue weighted by Crippen LogP contribution is 2.02. The summed E-state index contributed by atoms with van der Waals surface area (Å²) in [6.45, 7) is 0.812. The second kappa shape index (κ2) is 8.08. The summed E-state index contributed by atoms with van der Waals surface area (Å²) in [7, 11) is 0. The molecule has 17 heavy (non-hydrogen) atoms. The smallest absolute Gasteiger partial charge is 0.407 e. The van der Waals surface area contributed by atoms with Crippen molar-refractivity contribution in [3.63, 3.8) is 0 Å². The fourth-order valence-corrected chi connectivity index (χ4v) is 1.55. The van der Waals surface area contributed by atoms with Crippen LogP contribution in [0.2, 0.25) is 0 Å². The Morgan fingerprint density at radius 2 is 2.12 bits per heavy atom. The zero-order valence-corrected chi connectivity index (χ0v) is 11.3. The van der Waals surface area contributed by atoms with Crippen molar-refractivity contribution in [1.29, 1.82) is 0 Å². The molecule has 0 bridgehead atoms. The molecule has 0 aliphatic rings. The van der Waals surface area contributed by atoms with Crippen molar-refractivity contribution in [2.75, 3.05) is 12.8 Å². The first-order valence-corrected chi connectivity index (χ1v) is 6.87. The quantitative estimate of drug-likeness (QED) is 0.834. The first-order chi connectivity index (χ1) is 8.22. The molecule has 0 radical (unpaired) electrons. The number of benzene rings is 1. The lowest BCUT2D eigenvalue weighted by Crippen LogP contribution is -2.26. The van der Waals surface area contributed by atoms with Crippen LogP contribution >= 0.6 is 24.0 Å². The minimum Gasteiger partial charge on any atom is -0.445 e. The molecule has 1 aromatic rings. The molecule has 92 valence electrons. The molecular weight excluding hydrogens is 254 g/mol. The van der Waals surface area contributed by atoms with Gasteiger partial charge in [0, 0.05) is 17.2 Å². The maximum atomic E-state index is 11.3. The van der Waals surface area contributed by atoms with Gasteiger partial charge in [0.1, 0.15) is 6.61 Å². The highest BCUT2D eigenvalue weighted by atomic mass is 32.2. The standard InChI is InChI=1S/C12H15NO2S2/c1-17-11(16)7-8-13-12(14)15-9-10-5-3-2-4-6-10/h2-6H,7-9H2,1H3,(H,13,14). The van der Waals surface area contributed by atoms with Gasteiger partial charge in [0.2, 0.25) is 0 Å². The summed E-state index contributed by atoms with van der Waals surface area (Å²) >= 11 is 6.55. The summed E-state index contributed by atoms with van der Waals surface area (Å²) in [5, 5.41) is 2.66. The lowest BCUT2D eigenvalue weighted by atomic mass is 10.2. The van der Waals surface area contributed by atoms with Gasteiger partial charge in [-0.15, -0.1) is 11.8 Å². The number of rotatable bonds is 5. The highest BCUT2D eigenvalue weighted by Gasteiger charge is 2.02. The minimum atomic E-state index is -0.405. The summed E-state index contributed by atoms with van der Waals surface area (Å²) in [6, 6.07) is 9.57. The zero-order valence-electron chi connectivity index (χ0n) is 9.64. The molecule has 0 unspecified atom stereocenters. The molecule has 0 heterocycles. The number of carbonyl (C=O) groups excluding carboxylic acids is 1. The predicted molar refractivity (Wildman–Crippen MR) is 75.4 cm³/mol. The fourth-order valence-electron chi connectivity index (χ4n) is 1.14. The minimum absolute atomic E-state index is 0.291. The average Bonchev–Trinajstić information content (AvgIpc) is 2.37. The molecule has 0 saturated carbocycles. The van der Waals surface area contributed by atoms with Crippen LogP contribution in [0.15, 0.2) is 30.3 Å². The Kier molecular flexibility index (Phi) is 6.65. The molecule has 0 fully saturated rings. The van der Waals surface area contributed by atoms with Crippen molar-refractivity contribution in [2.45, 2.75) is 13.0 Å². The van der Waals surface area contributed by atoms with Crippen LogP contribution in [0.5, 0.6) is 0 Å². The van der Waals surface area contributed by atoms with E-state index in [0.717, 1.165) is 9.76 Å². The Hall–Kier alpha value is -1.07. The Balaban J connectivity index is 2.16. The van der Waals surface area contributed by atoms with Gasteiger partial charge in [0.25, 0.3) is 0 Å². The molecule has 1 aromatic carbocycles. The van der Waals surface area contributed by atoms with Crippen LogP contribution < -0.4 is 5.32 Å². The van der Waals surface area contributed by atoms with Gasteiger partial charge >= 0.3 is 6.09 Å². The van der Waals surface area contributed by atoms with E-state index in [4.69, 9.17) is 17.0 Å². The Morgan fingerprint density at radius 3 is 2.76 bits per heavy atom. The molecule has 1 amide bonds. The maximum Gasteiger partial charge on any atom is 0.407 e. The van der Waals surface area contributed by atoms with Crippen LogP contribution in [0.3, 0.4) is 0 Å². The maximum absolute atomic E-state index is 11.3. The van der Waals surface area contributed by atoms with E-state index < -0.39 is 6.09 Å². The zero-order chi connectivity index (χ0) is 12.5. The van der Waals surface area contributed by atoms with Gasteiger partial charge in [-0.1, -0.05) is 42.5 Å². The predicted octanol–water partition coefficient (Wildman–Crippen LogP) is 2.99. The van der Waals surface area contributed by atoms with E-state index in [2.05, 4.69) is 5.32 Å². The highest BCUT2D eigenvalue weighted by molar-refractivity contribution is 8.22. The van der Waals surface area contributed by atoms with E-state index in [-0.39, 0.29) is 0 Å². The van der Waals surface area contributed by atoms with Crippen LogP contribution in [0, 0.1) is 0 Å². The van der Waals surface area contributed by atoms with Gasteiger partial charge in [-0.3, -0.25) is 0 Å². The van der Waals surface area contributed by atoms with Crippen LogP contribution in [-0.2, 0) is 11.3 Å². The van der Waals surface area contributed by atoms with Gasteiger partial charge in [-0.2, -0.15) is 0 Å². The van der Waals surface area contributed by atoms with E-state index in [9.17, 15) is 4.79 Å². The third-order valence-electron chi connectivity index (χ3n) is 2.04. The van der Waals surface area contributed by atoms with Crippen LogP contribution in [0.25, 0.3) is 0 Å². The van der Waals surface area contributed by atoms with Gasteiger partial charge in [-0.05, 0) is 11.8 Å². The Labute approximate surface area is 111 Å². The van der Waals surface area contributed by atoms with E-state index in [1.54, 1.807) is 0 Å². The molecule has 5 heteroatoms. The summed E-state index contributed by atoms with van der Waals surface area (Å²) in [4.78, 5) is 11.3. The topological polar surface area (TPSA) is 38.3 Å². The molecule has 1 N–H and O–H groups in total. The first kappa shape index (κ1) is 14.0. The number of thiocarbonyl (C=S) groups is 1. The summed E-state index contributed by atoms with van der Waals surface area (Å²) in [5.41, 5.74) is 0.974. The van der Waals surface area contributed by atoms with Crippen molar-refractivity contribution in [1.82, 2.24) is 5.32 Å². The first-order valence-electron chi connectivity index (χ1n) is 5.23. The number of nitrogens with one attached hydrogen (secondary N) is 1. The normalized spacial score (nSPS) is 9.71. The van der Waals surface area contributed by atoms with Crippen LogP contribution in [-0.4, -0.2) is 23.1 Å². The molecule has 0 spiro atoms. The molecule has 0 aliphatic heterocycles. The number of thioether (sulfide) groups is 1. The van der Waals surface area contributed by atoms with Crippen molar-refractivity contribution in [2.24, 2.45) is 0 Å². The second-order valence-corrected chi connectivity index (χ2v) is 4.97. The molecule has 0 atom stereocenters. The van der Waals surface area contributed by atoms with Crippen LogP contribution in [0.4, 0.5) is 4.79 Å². The largest absolute Gasteiger partial charge is 0.445 e. The summed E-state index contributed by atoms with van der Waals surface area (Å²) in [6.07, 6.45) is 2.21. The molecule has 0 saturated heterocycles. The molecule has 0 aromatic heterocycles. The number of hydrogen-bond acceptors (Lipinski definition) is 4.